The molecule has 49 heavy (non-hydrogen) atoms. The van der Waals surface area contributed by atoms with E-state index in [4.69, 9.17) is 4.74 Å². The molecule has 0 radical (unpaired) electrons. The Bertz CT molecular complexity index is 1980. The van der Waals surface area contributed by atoms with Gasteiger partial charge in [0.25, 0.3) is 0 Å². The van der Waals surface area contributed by atoms with E-state index in [-0.39, 0.29) is 17.3 Å². The standard InChI is InChI=1S/C45H47FN2O/c1-45(2)36-15-6-3-11-31(36)33-14-9-18-40(44(33)45)48(39-17-10-20-42-43(39)34-13-5-8-19-41(34)49-42)30-25-26-38-35(27-30)32-12-4-7-16-37(32)47(38)29-23-21-28(46)22-24-29/h3,6,9-11,14-15,17-18,20-21,25-27,29,34-35,38,41H,4-5,7-8,12-13,16,19,22-24H2,1-2H3. The number of rotatable bonds is 4. The number of anilines is 2. The Morgan fingerprint density at radius 2 is 1.65 bits per heavy atom. The van der Waals surface area contributed by atoms with Gasteiger partial charge in [-0.2, -0.15) is 0 Å². The Labute approximate surface area is 290 Å². The lowest BCUT2D eigenvalue weighted by molar-refractivity contribution is 0.164. The van der Waals surface area contributed by atoms with Gasteiger partial charge >= 0.3 is 0 Å². The van der Waals surface area contributed by atoms with Crippen LogP contribution in [0.3, 0.4) is 0 Å². The number of nitrogens with zero attached hydrogens (tertiary/aromatic N) is 2. The molecule has 0 N–H and O–H groups in total. The zero-order valence-corrected chi connectivity index (χ0v) is 28.9. The van der Waals surface area contributed by atoms with Crippen LogP contribution in [-0.2, 0) is 5.41 Å². The Kier molecular flexibility index (Phi) is 6.84. The lowest BCUT2D eigenvalue weighted by atomic mass is 9.80. The maximum atomic E-state index is 14.2. The van der Waals surface area contributed by atoms with Crippen molar-refractivity contribution >= 4 is 11.4 Å². The minimum atomic E-state index is -0.142. The van der Waals surface area contributed by atoms with Crippen LogP contribution in [0.1, 0.15) is 107 Å². The van der Waals surface area contributed by atoms with Gasteiger partial charge in [-0.15, -0.1) is 0 Å². The maximum Gasteiger partial charge on any atom is 0.125 e. The summed E-state index contributed by atoms with van der Waals surface area (Å²) in [6, 6.07) is 23.5. The van der Waals surface area contributed by atoms with E-state index >= 15 is 0 Å². The van der Waals surface area contributed by atoms with Crippen molar-refractivity contribution in [2.24, 2.45) is 5.92 Å². The van der Waals surface area contributed by atoms with Crippen LogP contribution in [0.25, 0.3) is 11.1 Å². The number of ether oxygens (including phenoxy) is 1. The van der Waals surface area contributed by atoms with Gasteiger partial charge in [-0.3, -0.25) is 0 Å². The van der Waals surface area contributed by atoms with Crippen LogP contribution in [0, 0.1) is 5.92 Å². The Morgan fingerprint density at radius 3 is 2.55 bits per heavy atom. The minimum Gasteiger partial charge on any atom is -0.489 e. The van der Waals surface area contributed by atoms with Crippen molar-refractivity contribution in [3.8, 4) is 16.9 Å². The first-order chi connectivity index (χ1) is 24.0. The number of fused-ring (bicyclic) bond motifs is 8. The molecule has 5 atom stereocenters. The lowest BCUT2D eigenvalue weighted by Crippen LogP contribution is -2.42. The Hall–Kier alpha value is -4.05. The molecule has 3 nitrogen and oxygen atoms in total. The van der Waals surface area contributed by atoms with Gasteiger partial charge in [-0.1, -0.05) is 81.0 Å². The smallest absolute Gasteiger partial charge is 0.125 e. The van der Waals surface area contributed by atoms with Crippen molar-refractivity contribution in [1.82, 2.24) is 4.90 Å². The van der Waals surface area contributed by atoms with Crippen LogP contribution in [0.15, 0.2) is 108 Å². The zero-order valence-electron chi connectivity index (χ0n) is 28.9. The molecule has 7 aliphatic rings. The summed E-state index contributed by atoms with van der Waals surface area (Å²) in [5, 5.41) is 0. The van der Waals surface area contributed by atoms with E-state index in [0.29, 0.717) is 30.3 Å². The van der Waals surface area contributed by atoms with E-state index in [2.05, 4.69) is 103 Å². The molecule has 250 valence electrons. The highest BCUT2D eigenvalue weighted by molar-refractivity contribution is 5.90. The zero-order chi connectivity index (χ0) is 32.9. The molecule has 1 saturated carbocycles. The first-order valence-corrected chi connectivity index (χ1v) is 19.1. The average Bonchev–Trinajstić information content (AvgIpc) is 3.75. The molecule has 2 heterocycles. The van der Waals surface area contributed by atoms with E-state index in [0.717, 1.165) is 31.4 Å². The van der Waals surface area contributed by atoms with Crippen LogP contribution in [0.5, 0.6) is 5.75 Å². The fourth-order valence-electron chi connectivity index (χ4n) is 11.0. The van der Waals surface area contributed by atoms with Crippen LogP contribution in [0.2, 0.25) is 0 Å². The average molecular weight is 651 g/mol. The highest BCUT2D eigenvalue weighted by atomic mass is 19.1. The molecule has 10 rings (SSSR count). The molecule has 2 aliphatic heterocycles. The van der Waals surface area contributed by atoms with Gasteiger partial charge in [0.05, 0.1) is 23.2 Å². The summed E-state index contributed by atoms with van der Waals surface area (Å²) < 4.78 is 20.9. The van der Waals surface area contributed by atoms with Crippen LogP contribution in [-0.4, -0.2) is 23.1 Å². The number of benzene rings is 3. The first kappa shape index (κ1) is 29.8. The summed E-state index contributed by atoms with van der Waals surface area (Å²) in [6.45, 7) is 4.82. The third-order valence-corrected chi connectivity index (χ3v) is 13.1. The van der Waals surface area contributed by atoms with Crippen molar-refractivity contribution in [1.29, 1.82) is 0 Å². The highest BCUT2D eigenvalue weighted by Crippen LogP contribution is 2.57. The summed E-state index contributed by atoms with van der Waals surface area (Å²) in [6.07, 6.45) is 21.6. The molecular formula is C45H47FN2O. The number of allylic oxidation sites excluding steroid dienone is 3. The topological polar surface area (TPSA) is 15.7 Å². The second-order valence-corrected chi connectivity index (χ2v) is 16.1. The normalized spacial score (nSPS) is 28.8. The monoisotopic (exact) mass is 650 g/mol. The summed E-state index contributed by atoms with van der Waals surface area (Å²) in [4.78, 5) is 5.36. The molecule has 3 aromatic carbocycles. The molecule has 0 bridgehead atoms. The molecule has 5 aliphatic carbocycles. The van der Waals surface area contributed by atoms with E-state index in [1.807, 2.05) is 6.08 Å². The molecule has 3 aromatic rings. The number of hydrogen-bond donors (Lipinski definition) is 0. The quantitative estimate of drug-likeness (QED) is 0.279. The molecule has 0 spiro atoms. The maximum absolute atomic E-state index is 14.2. The predicted octanol–water partition coefficient (Wildman–Crippen LogP) is 11.5. The Balaban J connectivity index is 1.15. The van der Waals surface area contributed by atoms with Gasteiger partial charge in [0.1, 0.15) is 11.9 Å². The van der Waals surface area contributed by atoms with Gasteiger partial charge < -0.3 is 14.5 Å². The molecule has 1 fully saturated rings. The van der Waals surface area contributed by atoms with E-state index in [1.54, 1.807) is 11.3 Å². The molecule has 5 unspecified atom stereocenters. The van der Waals surface area contributed by atoms with Crippen molar-refractivity contribution in [2.45, 2.75) is 114 Å². The van der Waals surface area contributed by atoms with Gasteiger partial charge in [-0.25, -0.2) is 4.39 Å². The summed E-state index contributed by atoms with van der Waals surface area (Å²) in [5.74, 6) is 1.92. The second-order valence-electron chi connectivity index (χ2n) is 16.1. The highest BCUT2D eigenvalue weighted by Gasteiger charge is 2.46. The second kappa shape index (κ2) is 11.2. The third-order valence-electron chi connectivity index (χ3n) is 13.1. The molecular weight excluding hydrogens is 604 g/mol. The van der Waals surface area contributed by atoms with Crippen LogP contribution in [0.4, 0.5) is 15.8 Å². The van der Waals surface area contributed by atoms with Gasteiger partial charge in [-0.05, 0) is 110 Å². The van der Waals surface area contributed by atoms with Crippen molar-refractivity contribution < 1.29 is 9.13 Å². The Morgan fingerprint density at radius 1 is 0.837 bits per heavy atom. The van der Waals surface area contributed by atoms with E-state index in [1.165, 1.54) is 83.4 Å². The lowest BCUT2D eigenvalue weighted by Gasteiger charge is -2.40. The first-order valence-electron chi connectivity index (χ1n) is 19.1. The fourth-order valence-corrected chi connectivity index (χ4v) is 11.0. The van der Waals surface area contributed by atoms with Gasteiger partial charge in [0, 0.05) is 46.7 Å². The fraction of sp³-hybridized carbons (Fsp3) is 0.422. The summed E-state index contributed by atoms with van der Waals surface area (Å²) >= 11 is 0. The number of halogens is 1. The minimum absolute atomic E-state index is 0.0712. The van der Waals surface area contributed by atoms with Crippen molar-refractivity contribution in [2.75, 3.05) is 4.90 Å². The van der Waals surface area contributed by atoms with E-state index < -0.39 is 0 Å². The largest absolute Gasteiger partial charge is 0.489 e. The van der Waals surface area contributed by atoms with Crippen molar-refractivity contribution in [3.63, 3.8) is 0 Å². The molecule has 0 saturated heterocycles. The molecule has 0 aromatic heterocycles. The van der Waals surface area contributed by atoms with Crippen molar-refractivity contribution in [3.05, 3.63) is 124 Å². The van der Waals surface area contributed by atoms with Gasteiger partial charge in [0.2, 0.25) is 0 Å². The van der Waals surface area contributed by atoms with Gasteiger partial charge in [0.15, 0.2) is 0 Å². The van der Waals surface area contributed by atoms with E-state index in [9.17, 15) is 4.39 Å². The molecule has 4 heteroatoms. The number of hydrogen-bond acceptors (Lipinski definition) is 3. The predicted molar refractivity (Wildman–Crippen MR) is 197 cm³/mol. The third kappa shape index (κ3) is 4.44. The SMILES string of the molecule is CC1(C)c2ccccc2-c2cccc(N(C3=CC4C5=C(CCCC5)N(C5CC=C(F)CC5)C4C=C3)c3cccc4c3C3CCCCC3O4)c21. The summed E-state index contributed by atoms with van der Waals surface area (Å²) in [5.41, 5.74) is 13.8. The molecule has 0 amide bonds. The van der Waals surface area contributed by atoms with Crippen LogP contribution < -0.4 is 9.64 Å². The summed E-state index contributed by atoms with van der Waals surface area (Å²) in [7, 11) is 0. The van der Waals surface area contributed by atoms with Crippen LogP contribution >= 0.6 is 0 Å².